The molecular weight excluding hydrogens is 278 g/mol. The minimum Gasteiger partial charge on any atom is -0.355 e. The summed E-state index contributed by atoms with van der Waals surface area (Å²) in [5, 5.41) is 2.51. The van der Waals surface area contributed by atoms with Gasteiger partial charge in [-0.1, -0.05) is 0 Å². The molecule has 1 amide bonds. The highest BCUT2D eigenvalue weighted by Gasteiger charge is 2.11. The number of nitrogens with two attached hydrogens (primary N) is 1. The lowest BCUT2D eigenvalue weighted by molar-refractivity contribution is -0.121. The van der Waals surface area contributed by atoms with Gasteiger partial charge in [-0.25, -0.2) is 8.78 Å². The average Bonchev–Trinajstić information content (AvgIpc) is 2.36. The molecule has 0 aliphatic heterocycles. The summed E-state index contributed by atoms with van der Waals surface area (Å²) in [6, 6.07) is 2.91. The molecule has 1 rings (SSSR count). The van der Waals surface area contributed by atoms with Crippen molar-refractivity contribution in [3.63, 3.8) is 0 Å². The molecule has 4 nitrogen and oxygen atoms in total. The number of carbonyl (C=O) groups excluding carboxylic acids is 2. The van der Waals surface area contributed by atoms with E-state index < -0.39 is 17.4 Å². The van der Waals surface area contributed by atoms with Gasteiger partial charge in [0.25, 0.3) is 0 Å². The number of benzene rings is 1. The SMILES string of the molecule is Cl.NCCNC(=O)CCC(=O)c1ccc(F)c(F)c1. The predicted molar refractivity (Wildman–Crippen MR) is 69.2 cm³/mol. The molecule has 0 saturated carbocycles. The Morgan fingerprint density at radius 3 is 2.42 bits per heavy atom. The van der Waals surface area contributed by atoms with Crippen LogP contribution < -0.4 is 11.1 Å². The second kappa shape index (κ2) is 8.55. The van der Waals surface area contributed by atoms with E-state index in [9.17, 15) is 18.4 Å². The van der Waals surface area contributed by atoms with E-state index in [1.807, 2.05) is 0 Å². The molecular formula is C12H15ClF2N2O2. The van der Waals surface area contributed by atoms with Crippen LogP contribution in [0, 0.1) is 11.6 Å². The Bertz CT molecular complexity index is 455. The average molecular weight is 293 g/mol. The Balaban J connectivity index is 0.00000324. The van der Waals surface area contributed by atoms with E-state index in [-0.39, 0.29) is 36.7 Å². The minimum absolute atomic E-state index is 0. The van der Waals surface area contributed by atoms with Gasteiger partial charge in [-0.3, -0.25) is 9.59 Å². The first-order valence-corrected chi connectivity index (χ1v) is 5.49. The number of hydrogen-bond donors (Lipinski definition) is 2. The van der Waals surface area contributed by atoms with Crippen molar-refractivity contribution in [2.24, 2.45) is 5.73 Å². The molecule has 0 unspecified atom stereocenters. The summed E-state index contributed by atoms with van der Waals surface area (Å²) in [5.41, 5.74) is 5.25. The fraction of sp³-hybridized carbons (Fsp3) is 0.333. The molecule has 1 aromatic carbocycles. The normalized spacial score (nSPS) is 9.63. The number of nitrogens with one attached hydrogen (secondary N) is 1. The van der Waals surface area contributed by atoms with Crippen molar-refractivity contribution in [3.05, 3.63) is 35.4 Å². The molecule has 19 heavy (non-hydrogen) atoms. The number of rotatable bonds is 6. The molecule has 0 fully saturated rings. The number of amides is 1. The van der Waals surface area contributed by atoms with Crippen molar-refractivity contribution in [1.29, 1.82) is 0 Å². The molecule has 0 radical (unpaired) electrons. The fourth-order valence-electron chi connectivity index (χ4n) is 1.34. The number of ketones is 1. The highest BCUT2D eigenvalue weighted by molar-refractivity contribution is 5.97. The molecule has 1 aromatic rings. The molecule has 7 heteroatoms. The van der Waals surface area contributed by atoms with Crippen LogP contribution in [-0.4, -0.2) is 24.8 Å². The van der Waals surface area contributed by atoms with Gasteiger partial charge in [0.15, 0.2) is 17.4 Å². The van der Waals surface area contributed by atoms with E-state index in [1.54, 1.807) is 0 Å². The van der Waals surface area contributed by atoms with Crippen LogP contribution in [0.25, 0.3) is 0 Å². The van der Waals surface area contributed by atoms with Crippen LogP contribution in [0.2, 0.25) is 0 Å². The quantitative estimate of drug-likeness (QED) is 0.779. The Morgan fingerprint density at radius 2 is 1.84 bits per heavy atom. The summed E-state index contributed by atoms with van der Waals surface area (Å²) in [5.74, 6) is -2.78. The van der Waals surface area contributed by atoms with Crippen molar-refractivity contribution in [2.45, 2.75) is 12.8 Å². The molecule has 0 aliphatic carbocycles. The molecule has 0 atom stereocenters. The third-order valence-electron chi connectivity index (χ3n) is 2.29. The first-order chi connectivity index (χ1) is 8.54. The molecule has 0 aliphatic rings. The zero-order chi connectivity index (χ0) is 13.5. The smallest absolute Gasteiger partial charge is 0.220 e. The molecule has 3 N–H and O–H groups in total. The van der Waals surface area contributed by atoms with Crippen LogP contribution in [0.15, 0.2) is 18.2 Å². The number of hydrogen-bond acceptors (Lipinski definition) is 3. The summed E-state index contributed by atoms with van der Waals surface area (Å²) < 4.78 is 25.5. The molecule has 0 saturated heterocycles. The lowest BCUT2D eigenvalue weighted by Crippen LogP contribution is -2.29. The van der Waals surface area contributed by atoms with Crippen LogP contribution in [0.1, 0.15) is 23.2 Å². The first-order valence-electron chi connectivity index (χ1n) is 5.49. The van der Waals surface area contributed by atoms with E-state index in [2.05, 4.69) is 5.32 Å². The molecule has 0 aromatic heterocycles. The monoisotopic (exact) mass is 292 g/mol. The maximum atomic E-state index is 12.9. The van der Waals surface area contributed by atoms with Gasteiger partial charge >= 0.3 is 0 Å². The topological polar surface area (TPSA) is 72.2 Å². The van der Waals surface area contributed by atoms with Crippen molar-refractivity contribution in [3.8, 4) is 0 Å². The van der Waals surface area contributed by atoms with E-state index in [4.69, 9.17) is 5.73 Å². The van der Waals surface area contributed by atoms with Gasteiger partial charge in [-0.05, 0) is 18.2 Å². The minimum atomic E-state index is -1.08. The lowest BCUT2D eigenvalue weighted by atomic mass is 10.1. The second-order valence-corrected chi connectivity index (χ2v) is 3.69. The highest BCUT2D eigenvalue weighted by atomic mass is 35.5. The lowest BCUT2D eigenvalue weighted by Gasteiger charge is -2.03. The third-order valence-corrected chi connectivity index (χ3v) is 2.29. The van der Waals surface area contributed by atoms with E-state index >= 15 is 0 Å². The van der Waals surface area contributed by atoms with E-state index in [1.165, 1.54) is 6.07 Å². The van der Waals surface area contributed by atoms with Gasteiger partial charge in [0.1, 0.15) is 0 Å². The molecule has 106 valence electrons. The van der Waals surface area contributed by atoms with Crippen molar-refractivity contribution in [1.82, 2.24) is 5.32 Å². The number of halogens is 3. The summed E-state index contributed by atoms with van der Waals surface area (Å²) in [6.45, 7) is 0.668. The Morgan fingerprint density at radius 1 is 1.16 bits per heavy atom. The van der Waals surface area contributed by atoms with Crippen LogP contribution in [0.3, 0.4) is 0 Å². The highest BCUT2D eigenvalue weighted by Crippen LogP contribution is 2.11. The Hall–Kier alpha value is -1.53. The van der Waals surface area contributed by atoms with Gasteiger partial charge in [0.05, 0.1) is 0 Å². The number of Topliss-reactive ketones (excluding diaryl/α,β-unsaturated/α-hetero) is 1. The summed E-state index contributed by atoms with van der Waals surface area (Å²) in [6.07, 6.45) is -0.0562. The van der Waals surface area contributed by atoms with Gasteiger partial charge in [0.2, 0.25) is 5.91 Å². The van der Waals surface area contributed by atoms with Crippen LogP contribution in [0.4, 0.5) is 8.78 Å². The third kappa shape index (κ3) is 5.76. The maximum Gasteiger partial charge on any atom is 0.220 e. The van der Waals surface area contributed by atoms with Crippen LogP contribution >= 0.6 is 12.4 Å². The van der Waals surface area contributed by atoms with Crippen LogP contribution in [-0.2, 0) is 4.79 Å². The molecule has 0 bridgehead atoms. The maximum absolute atomic E-state index is 12.9. The summed E-state index contributed by atoms with van der Waals surface area (Å²) in [7, 11) is 0. The standard InChI is InChI=1S/C12H14F2N2O2.ClH/c13-9-2-1-8(7-10(9)14)11(17)3-4-12(18)16-6-5-15;/h1-2,7H,3-6,15H2,(H,16,18);1H. The van der Waals surface area contributed by atoms with Gasteiger partial charge < -0.3 is 11.1 Å². The Labute approximate surface area is 115 Å². The zero-order valence-corrected chi connectivity index (χ0v) is 10.9. The molecule has 0 spiro atoms. The van der Waals surface area contributed by atoms with Gasteiger partial charge in [-0.2, -0.15) is 0 Å². The van der Waals surface area contributed by atoms with E-state index in [0.29, 0.717) is 13.1 Å². The van der Waals surface area contributed by atoms with Gasteiger partial charge in [0, 0.05) is 31.5 Å². The fourth-order valence-corrected chi connectivity index (χ4v) is 1.34. The second-order valence-electron chi connectivity index (χ2n) is 3.69. The summed E-state index contributed by atoms with van der Waals surface area (Å²) in [4.78, 5) is 22.8. The summed E-state index contributed by atoms with van der Waals surface area (Å²) >= 11 is 0. The van der Waals surface area contributed by atoms with Crippen molar-refractivity contribution in [2.75, 3.05) is 13.1 Å². The van der Waals surface area contributed by atoms with Crippen molar-refractivity contribution >= 4 is 24.1 Å². The van der Waals surface area contributed by atoms with E-state index in [0.717, 1.165) is 12.1 Å². The zero-order valence-electron chi connectivity index (χ0n) is 10.1. The number of carbonyl (C=O) groups is 2. The van der Waals surface area contributed by atoms with Crippen molar-refractivity contribution < 1.29 is 18.4 Å². The first kappa shape index (κ1) is 17.5. The largest absolute Gasteiger partial charge is 0.355 e. The van der Waals surface area contributed by atoms with Gasteiger partial charge in [-0.15, -0.1) is 12.4 Å². The molecule has 0 heterocycles. The van der Waals surface area contributed by atoms with Crippen LogP contribution in [0.5, 0.6) is 0 Å². The predicted octanol–water partition coefficient (Wildman–Crippen LogP) is 1.42. The Kier molecular flexibility index (Phi) is 7.86.